The lowest BCUT2D eigenvalue weighted by atomic mass is 9.94. The minimum absolute atomic E-state index is 0.0258. The second-order valence-electron chi connectivity index (χ2n) is 4.71. The number of halogens is 2. The molecule has 7 heteroatoms. The molecule has 1 aromatic rings. The summed E-state index contributed by atoms with van der Waals surface area (Å²) in [5, 5.41) is 14.0. The minimum atomic E-state index is -0.978. The molecule has 1 unspecified atom stereocenters. The predicted molar refractivity (Wildman–Crippen MR) is 69.9 cm³/mol. The van der Waals surface area contributed by atoms with E-state index in [9.17, 15) is 13.6 Å². The molecule has 1 rings (SSSR count). The van der Waals surface area contributed by atoms with Crippen molar-refractivity contribution in [3.05, 3.63) is 35.4 Å². The number of carbonyl (C=O) groups excluding carboxylic acids is 1. The third-order valence-corrected chi connectivity index (χ3v) is 2.83. The third-order valence-electron chi connectivity index (χ3n) is 2.83. The SMILES string of the molecule is CC(C)C(C(=O)NCc1ccc(F)c(F)c1)C(N)=NO. The van der Waals surface area contributed by atoms with Crippen LogP contribution in [0.1, 0.15) is 19.4 Å². The normalized spacial score (nSPS) is 13.3. The van der Waals surface area contributed by atoms with Gasteiger partial charge in [0.2, 0.25) is 5.91 Å². The summed E-state index contributed by atoms with van der Waals surface area (Å²) in [6.07, 6.45) is 0. The number of carbonyl (C=O) groups is 1. The standard InChI is InChI=1S/C13H17F2N3O2/c1-7(2)11(12(16)18-20)13(19)17-6-8-3-4-9(14)10(15)5-8/h3-5,7,11,20H,6H2,1-2H3,(H2,16,18)(H,17,19). The summed E-state index contributed by atoms with van der Waals surface area (Å²) in [5.41, 5.74) is 5.88. The number of hydrogen-bond acceptors (Lipinski definition) is 3. The van der Waals surface area contributed by atoms with Gasteiger partial charge in [0.25, 0.3) is 0 Å². The maximum absolute atomic E-state index is 13.0. The summed E-state index contributed by atoms with van der Waals surface area (Å²) >= 11 is 0. The number of oxime groups is 1. The van der Waals surface area contributed by atoms with E-state index in [1.165, 1.54) is 6.07 Å². The van der Waals surface area contributed by atoms with Gasteiger partial charge < -0.3 is 16.3 Å². The van der Waals surface area contributed by atoms with E-state index in [0.717, 1.165) is 12.1 Å². The molecule has 1 amide bonds. The third kappa shape index (κ3) is 3.91. The van der Waals surface area contributed by atoms with Crippen LogP contribution in [0.25, 0.3) is 0 Å². The van der Waals surface area contributed by atoms with Crippen LogP contribution in [-0.4, -0.2) is 17.0 Å². The number of amides is 1. The first-order valence-corrected chi connectivity index (χ1v) is 6.05. The van der Waals surface area contributed by atoms with Crippen LogP contribution in [0, 0.1) is 23.5 Å². The van der Waals surface area contributed by atoms with E-state index in [4.69, 9.17) is 10.9 Å². The molecule has 20 heavy (non-hydrogen) atoms. The molecular weight excluding hydrogens is 268 g/mol. The van der Waals surface area contributed by atoms with Crippen LogP contribution in [0.15, 0.2) is 23.4 Å². The highest BCUT2D eigenvalue weighted by Crippen LogP contribution is 2.12. The van der Waals surface area contributed by atoms with Crippen molar-refractivity contribution in [2.75, 3.05) is 0 Å². The Morgan fingerprint density at radius 3 is 2.55 bits per heavy atom. The second kappa shape index (κ2) is 6.83. The number of nitrogens with one attached hydrogen (secondary N) is 1. The Morgan fingerprint density at radius 2 is 2.05 bits per heavy atom. The lowest BCUT2D eigenvalue weighted by Crippen LogP contribution is -2.41. The maximum atomic E-state index is 13.0. The summed E-state index contributed by atoms with van der Waals surface area (Å²) in [7, 11) is 0. The van der Waals surface area contributed by atoms with Crippen LogP contribution in [0.3, 0.4) is 0 Å². The highest BCUT2D eigenvalue weighted by Gasteiger charge is 2.26. The molecule has 0 aromatic heterocycles. The molecule has 0 saturated heterocycles. The van der Waals surface area contributed by atoms with E-state index in [-0.39, 0.29) is 18.3 Å². The van der Waals surface area contributed by atoms with Crippen LogP contribution < -0.4 is 11.1 Å². The Morgan fingerprint density at radius 1 is 1.40 bits per heavy atom. The Bertz CT molecular complexity index is 518. The van der Waals surface area contributed by atoms with E-state index >= 15 is 0 Å². The van der Waals surface area contributed by atoms with Crippen molar-refractivity contribution < 1.29 is 18.8 Å². The molecule has 4 N–H and O–H groups in total. The van der Waals surface area contributed by atoms with Gasteiger partial charge in [-0.1, -0.05) is 25.1 Å². The van der Waals surface area contributed by atoms with Gasteiger partial charge in [-0.05, 0) is 23.6 Å². The fourth-order valence-electron chi connectivity index (χ4n) is 1.79. The first-order chi connectivity index (χ1) is 9.36. The Balaban J connectivity index is 2.72. The summed E-state index contributed by atoms with van der Waals surface area (Å²) in [6, 6.07) is 3.36. The highest BCUT2D eigenvalue weighted by atomic mass is 19.2. The van der Waals surface area contributed by atoms with E-state index in [1.54, 1.807) is 13.8 Å². The molecule has 0 bridgehead atoms. The molecule has 0 aliphatic rings. The van der Waals surface area contributed by atoms with Crippen LogP contribution in [0.2, 0.25) is 0 Å². The maximum Gasteiger partial charge on any atom is 0.231 e. The largest absolute Gasteiger partial charge is 0.409 e. The van der Waals surface area contributed by atoms with Crippen molar-refractivity contribution in [1.82, 2.24) is 5.32 Å². The second-order valence-corrected chi connectivity index (χ2v) is 4.71. The van der Waals surface area contributed by atoms with Gasteiger partial charge in [-0.25, -0.2) is 8.78 Å². The topological polar surface area (TPSA) is 87.7 Å². The van der Waals surface area contributed by atoms with E-state index < -0.39 is 23.5 Å². The molecule has 0 radical (unpaired) electrons. The van der Waals surface area contributed by atoms with Crippen LogP contribution in [0.5, 0.6) is 0 Å². The molecule has 0 aliphatic heterocycles. The van der Waals surface area contributed by atoms with Gasteiger partial charge in [-0.3, -0.25) is 4.79 Å². The first kappa shape index (κ1) is 15.9. The molecule has 0 heterocycles. The highest BCUT2D eigenvalue weighted by molar-refractivity contribution is 6.02. The molecule has 0 aliphatic carbocycles. The molecule has 5 nitrogen and oxygen atoms in total. The monoisotopic (exact) mass is 285 g/mol. The molecular formula is C13H17F2N3O2. The van der Waals surface area contributed by atoms with Crippen molar-refractivity contribution in [3.63, 3.8) is 0 Å². The fourth-order valence-corrected chi connectivity index (χ4v) is 1.79. The first-order valence-electron chi connectivity index (χ1n) is 6.05. The zero-order valence-electron chi connectivity index (χ0n) is 11.2. The minimum Gasteiger partial charge on any atom is -0.409 e. The fraction of sp³-hybridized carbons (Fsp3) is 0.385. The summed E-state index contributed by atoms with van der Waals surface area (Å²) in [4.78, 5) is 12.0. The Kier molecular flexibility index (Phi) is 5.42. The van der Waals surface area contributed by atoms with Crippen LogP contribution in [-0.2, 0) is 11.3 Å². The Labute approximate surface area is 115 Å². The predicted octanol–water partition coefficient (Wildman–Crippen LogP) is 1.60. The zero-order chi connectivity index (χ0) is 15.3. The molecule has 0 spiro atoms. The van der Waals surface area contributed by atoms with Gasteiger partial charge in [0.15, 0.2) is 17.5 Å². The summed E-state index contributed by atoms with van der Waals surface area (Å²) in [6.45, 7) is 3.53. The van der Waals surface area contributed by atoms with E-state index in [1.807, 2.05) is 0 Å². The summed E-state index contributed by atoms with van der Waals surface area (Å²) < 4.78 is 25.8. The van der Waals surface area contributed by atoms with Gasteiger partial charge in [-0.15, -0.1) is 0 Å². The van der Waals surface area contributed by atoms with E-state index in [2.05, 4.69) is 10.5 Å². The average molecular weight is 285 g/mol. The van der Waals surface area contributed by atoms with Crippen molar-refractivity contribution in [1.29, 1.82) is 0 Å². The molecule has 1 atom stereocenters. The van der Waals surface area contributed by atoms with Crippen LogP contribution >= 0.6 is 0 Å². The number of rotatable bonds is 5. The molecule has 110 valence electrons. The zero-order valence-corrected chi connectivity index (χ0v) is 11.2. The number of nitrogens with zero attached hydrogens (tertiary/aromatic N) is 1. The number of hydrogen-bond donors (Lipinski definition) is 3. The van der Waals surface area contributed by atoms with Gasteiger partial charge in [0.05, 0.1) is 0 Å². The number of nitrogens with two attached hydrogens (primary N) is 1. The molecule has 0 saturated carbocycles. The molecule has 1 aromatic carbocycles. The molecule has 0 fully saturated rings. The lowest BCUT2D eigenvalue weighted by molar-refractivity contribution is -0.124. The van der Waals surface area contributed by atoms with Crippen molar-refractivity contribution in [2.45, 2.75) is 20.4 Å². The van der Waals surface area contributed by atoms with Gasteiger partial charge in [0, 0.05) is 6.54 Å². The number of amidine groups is 1. The van der Waals surface area contributed by atoms with Gasteiger partial charge in [-0.2, -0.15) is 0 Å². The van der Waals surface area contributed by atoms with Crippen LogP contribution in [0.4, 0.5) is 8.78 Å². The number of benzene rings is 1. The average Bonchev–Trinajstić information content (AvgIpc) is 2.39. The Hall–Kier alpha value is -2.18. The lowest BCUT2D eigenvalue weighted by Gasteiger charge is -2.18. The van der Waals surface area contributed by atoms with Crippen molar-refractivity contribution >= 4 is 11.7 Å². The smallest absolute Gasteiger partial charge is 0.231 e. The van der Waals surface area contributed by atoms with E-state index in [0.29, 0.717) is 5.56 Å². The quantitative estimate of drug-likeness (QED) is 0.332. The van der Waals surface area contributed by atoms with Gasteiger partial charge in [0.1, 0.15) is 5.92 Å². The summed E-state index contributed by atoms with van der Waals surface area (Å²) in [5.74, 6) is -3.52. The van der Waals surface area contributed by atoms with Crippen molar-refractivity contribution in [2.24, 2.45) is 22.7 Å². The van der Waals surface area contributed by atoms with Gasteiger partial charge >= 0.3 is 0 Å². The van der Waals surface area contributed by atoms with Crippen molar-refractivity contribution in [3.8, 4) is 0 Å².